The van der Waals surface area contributed by atoms with Gasteiger partial charge >= 0.3 is 0 Å². The minimum absolute atomic E-state index is 0.0413. The molecular formula is C21H24N2O4S2. The van der Waals surface area contributed by atoms with Crippen LogP contribution in [-0.4, -0.2) is 50.3 Å². The highest BCUT2D eigenvalue weighted by Gasteiger charge is 2.17. The van der Waals surface area contributed by atoms with Gasteiger partial charge in [-0.2, -0.15) is 0 Å². The molecule has 0 saturated carbocycles. The minimum Gasteiger partial charge on any atom is -0.493 e. The van der Waals surface area contributed by atoms with Crippen molar-refractivity contribution in [2.45, 2.75) is 13.0 Å². The fraction of sp³-hybridized carbons (Fsp3) is 0.333. The summed E-state index contributed by atoms with van der Waals surface area (Å²) in [4.78, 5) is 20.5. The van der Waals surface area contributed by atoms with E-state index < -0.39 is 0 Å². The predicted octanol–water partition coefficient (Wildman–Crippen LogP) is 4.11. The molecule has 0 spiro atoms. The van der Waals surface area contributed by atoms with E-state index in [-0.39, 0.29) is 12.3 Å². The molecule has 0 atom stereocenters. The standard InChI is InChI=1S/C21H24N2O4S2/c1-25-9-8-23(13-17-5-4-10-28-17)20(24)12-16-14-29-21(22-16)15-6-7-18(26-2)19(11-15)27-3/h4-7,10-11,14H,8-9,12-13H2,1-3H3. The third-order valence-electron chi connectivity index (χ3n) is 4.36. The number of ether oxygens (including phenoxy) is 3. The van der Waals surface area contributed by atoms with Gasteiger partial charge in [0.2, 0.25) is 5.91 Å². The average Bonchev–Trinajstić information content (AvgIpc) is 3.42. The van der Waals surface area contributed by atoms with Gasteiger partial charge in [-0.05, 0) is 29.6 Å². The molecule has 0 N–H and O–H groups in total. The highest BCUT2D eigenvalue weighted by atomic mass is 32.1. The second kappa shape index (κ2) is 10.4. The number of thiazole rings is 1. The zero-order valence-corrected chi connectivity index (χ0v) is 18.3. The molecule has 29 heavy (non-hydrogen) atoms. The highest BCUT2D eigenvalue weighted by molar-refractivity contribution is 7.13. The molecule has 154 valence electrons. The Morgan fingerprint density at radius 1 is 1.10 bits per heavy atom. The third kappa shape index (κ3) is 5.56. The number of rotatable bonds is 10. The summed E-state index contributed by atoms with van der Waals surface area (Å²) in [5.41, 5.74) is 1.69. The van der Waals surface area contributed by atoms with Crippen LogP contribution in [0.1, 0.15) is 10.6 Å². The number of aromatic nitrogens is 1. The maximum absolute atomic E-state index is 12.9. The SMILES string of the molecule is COCCN(Cc1cccs1)C(=O)Cc1csc(-c2ccc(OC)c(OC)c2)n1. The first-order chi connectivity index (χ1) is 14.1. The molecule has 3 aromatic rings. The van der Waals surface area contributed by atoms with Crippen LogP contribution in [-0.2, 0) is 22.5 Å². The van der Waals surface area contributed by atoms with Crippen molar-refractivity contribution in [2.24, 2.45) is 0 Å². The Morgan fingerprint density at radius 2 is 1.93 bits per heavy atom. The van der Waals surface area contributed by atoms with Gasteiger partial charge in [0.05, 0.1) is 39.5 Å². The number of nitrogens with zero attached hydrogens (tertiary/aromatic N) is 2. The van der Waals surface area contributed by atoms with Gasteiger partial charge in [-0.3, -0.25) is 4.79 Å². The molecule has 0 radical (unpaired) electrons. The van der Waals surface area contributed by atoms with Gasteiger partial charge in [-0.1, -0.05) is 6.07 Å². The Hall–Kier alpha value is -2.42. The van der Waals surface area contributed by atoms with Crippen LogP contribution in [0.25, 0.3) is 10.6 Å². The molecule has 0 aliphatic rings. The largest absolute Gasteiger partial charge is 0.493 e. The number of carbonyl (C=O) groups is 1. The van der Waals surface area contributed by atoms with E-state index in [1.165, 1.54) is 11.3 Å². The normalized spacial score (nSPS) is 10.7. The summed E-state index contributed by atoms with van der Waals surface area (Å²) in [5, 5.41) is 4.80. The smallest absolute Gasteiger partial charge is 0.229 e. The molecule has 0 unspecified atom stereocenters. The Morgan fingerprint density at radius 3 is 2.62 bits per heavy atom. The van der Waals surface area contributed by atoms with Crippen LogP contribution in [0.4, 0.5) is 0 Å². The number of methoxy groups -OCH3 is 3. The van der Waals surface area contributed by atoms with E-state index in [4.69, 9.17) is 14.2 Å². The molecule has 1 aromatic carbocycles. The number of amides is 1. The first-order valence-electron chi connectivity index (χ1n) is 9.10. The molecule has 0 bridgehead atoms. The first kappa shape index (κ1) is 21.3. The summed E-state index contributed by atoms with van der Waals surface area (Å²) in [7, 11) is 4.86. The van der Waals surface area contributed by atoms with Crippen LogP contribution < -0.4 is 9.47 Å². The van der Waals surface area contributed by atoms with Gasteiger partial charge in [0, 0.05) is 29.5 Å². The van der Waals surface area contributed by atoms with Crippen LogP contribution in [0.15, 0.2) is 41.1 Å². The lowest BCUT2D eigenvalue weighted by atomic mass is 10.2. The molecule has 6 nitrogen and oxygen atoms in total. The lowest BCUT2D eigenvalue weighted by Gasteiger charge is -2.21. The monoisotopic (exact) mass is 432 g/mol. The van der Waals surface area contributed by atoms with Gasteiger partial charge in [0.1, 0.15) is 5.01 Å². The molecule has 3 rings (SSSR count). The summed E-state index contributed by atoms with van der Waals surface area (Å²) in [6.45, 7) is 1.65. The average molecular weight is 433 g/mol. The van der Waals surface area contributed by atoms with Crippen molar-refractivity contribution in [2.75, 3.05) is 34.5 Å². The van der Waals surface area contributed by atoms with Crippen molar-refractivity contribution in [1.29, 1.82) is 0 Å². The first-order valence-corrected chi connectivity index (χ1v) is 10.9. The quantitative estimate of drug-likeness (QED) is 0.483. The van der Waals surface area contributed by atoms with E-state index in [9.17, 15) is 4.79 Å². The minimum atomic E-state index is 0.0413. The molecular weight excluding hydrogens is 408 g/mol. The number of hydrogen-bond acceptors (Lipinski definition) is 7. The van der Waals surface area contributed by atoms with E-state index in [1.807, 2.05) is 46.0 Å². The molecule has 0 saturated heterocycles. The van der Waals surface area contributed by atoms with Gasteiger partial charge in [-0.25, -0.2) is 4.98 Å². The summed E-state index contributed by atoms with van der Waals surface area (Å²) < 4.78 is 15.8. The zero-order valence-electron chi connectivity index (χ0n) is 16.7. The van der Waals surface area contributed by atoms with Crippen LogP contribution in [0.5, 0.6) is 11.5 Å². The molecule has 8 heteroatoms. The maximum atomic E-state index is 12.9. The van der Waals surface area contributed by atoms with Crippen molar-refractivity contribution >= 4 is 28.6 Å². The second-order valence-electron chi connectivity index (χ2n) is 6.28. The third-order valence-corrected chi connectivity index (χ3v) is 6.16. The van der Waals surface area contributed by atoms with Crippen LogP contribution >= 0.6 is 22.7 Å². The van der Waals surface area contributed by atoms with Crippen molar-refractivity contribution in [3.63, 3.8) is 0 Å². The molecule has 2 aromatic heterocycles. The highest BCUT2D eigenvalue weighted by Crippen LogP contribution is 2.33. The fourth-order valence-corrected chi connectivity index (χ4v) is 4.38. The predicted molar refractivity (Wildman–Crippen MR) is 116 cm³/mol. The van der Waals surface area contributed by atoms with Gasteiger partial charge in [0.25, 0.3) is 0 Å². The lowest BCUT2D eigenvalue weighted by molar-refractivity contribution is -0.131. The Balaban J connectivity index is 1.71. The van der Waals surface area contributed by atoms with Gasteiger partial charge in [-0.15, -0.1) is 22.7 Å². The number of hydrogen-bond donors (Lipinski definition) is 0. The molecule has 2 heterocycles. The Kier molecular flexibility index (Phi) is 7.62. The topological polar surface area (TPSA) is 60.9 Å². The zero-order chi connectivity index (χ0) is 20.6. The van der Waals surface area contributed by atoms with Crippen molar-refractivity contribution in [3.05, 3.63) is 51.7 Å². The van der Waals surface area contributed by atoms with Crippen molar-refractivity contribution in [1.82, 2.24) is 9.88 Å². The summed E-state index contributed by atoms with van der Waals surface area (Å²) in [5.74, 6) is 1.37. The Bertz CT molecular complexity index is 925. The number of carbonyl (C=O) groups excluding carboxylic acids is 1. The van der Waals surface area contributed by atoms with Crippen molar-refractivity contribution < 1.29 is 19.0 Å². The maximum Gasteiger partial charge on any atom is 0.229 e. The van der Waals surface area contributed by atoms with Gasteiger partial charge < -0.3 is 19.1 Å². The molecule has 0 aliphatic heterocycles. The Labute approximate surface area is 178 Å². The van der Waals surface area contributed by atoms with E-state index >= 15 is 0 Å². The summed E-state index contributed by atoms with van der Waals surface area (Å²) >= 11 is 3.16. The number of thiophene rings is 1. The van der Waals surface area contributed by atoms with Gasteiger partial charge in [0.15, 0.2) is 11.5 Å². The molecule has 1 amide bonds. The van der Waals surface area contributed by atoms with Crippen LogP contribution in [0.2, 0.25) is 0 Å². The molecule has 0 aliphatic carbocycles. The van der Waals surface area contributed by atoms with E-state index in [2.05, 4.69) is 4.98 Å². The summed E-state index contributed by atoms with van der Waals surface area (Å²) in [6, 6.07) is 9.72. The molecule has 0 fully saturated rings. The van der Waals surface area contributed by atoms with E-state index in [1.54, 1.807) is 32.7 Å². The van der Waals surface area contributed by atoms with E-state index in [0.29, 0.717) is 31.2 Å². The van der Waals surface area contributed by atoms with Crippen LogP contribution in [0, 0.1) is 0 Å². The van der Waals surface area contributed by atoms with E-state index in [0.717, 1.165) is 21.1 Å². The second-order valence-corrected chi connectivity index (χ2v) is 8.17. The van der Waals surface area contributed by atoms with Crippen LogP contribution in [0.3, 0.4) is 0 Å². The number of benzene rings is 1. The fourth-order valence-electron chi connectivity index (χ4n) is 2.84. The lowest BCUT2D eigenvalue weighted by Crippen LogP contribution is -2.34. The summed E-state index contributed by atoms with van der Waals surface area (Å²) in [6.07, 6.45) is 0.263. The van der Waals surface area contributed by atoms with Crippen molar-refractivity contribution in [3.8, 4) is 22.1 Å².